The van der Waals surface area contributed by atoms with Crippen molar-refractivity contribution in [3.8, 4) is 0 Å². The van der Waals surface area contributed by atoms with Crippen LogP contribution in [0.5, 0.6) is 0 Å². The second-order valence-corrected chi connectivity index (χ2v) is 4.46. The van der Waals surface area contributed by atoms with Gasteiger partial charge in [0, 0.05) is 19.1 Å². The van der Waals surface area contributed by atoms with Crippen LogP contribution >= 0.6 is 0 Å². The average Bonchev–Trinajstić information content (AvgIpc) is 2.28. The maximum absolute atomic E-state index is 12.4. The Bertz CT molecular complexity index is 248. The summed E-state index contributed by atoms with van der Waals surface area (Å²) in [5.74, 6) is -1.73. The predicted octanol–water partition coefficient (Wildman–Crippen LogP) is 1.85. The highest BCUT2D eigenvalue weighted by Crippen LogP contribution is 2.39. The van der Waals surface area contributed by atoms with Gasteiger partial charge in [-0.25, -0.2) is 0 Å². The fourth-order valence-corrected chi connectivity index (χ4v) is 2.12. The SMILES string of the molecule is O=C(NCCCO)C1CCC(C(F)(F)F)CC1. The van der Waals surface area contributed by atoms with Gasteiger partial charge in [0.2, 0.25) is 5.91 Å². The van der Waals surface area contributed by atoms with Crippen LogP contribution in [0.2, 0.25) is 0 Å². The van der Waals surface area contributed by atoms with E-state index in [9.17, 15) is 18.0 Å². The predicted molar refractivity (Wildman–Crippen MR) is 56.2 cm³/mol. The number of carbonyl (C=O) groups is 1. The third kappa shape index (κ3) is 4.53. The molecule has 0 aromatic carbocycles. The van der Waals surface area contributed by atoms with E-state index in [-0.39, 0.29) is 31.3 Å². The van der Waals surface area contributed by atoms with Gasteiger partial charge in [0.1, 0.15) is 0 Å². The maximum atomic E-state index is 12.4. The monoisotopic (exact) mass is 253 g/mol. The van der Waals surface area contributed by atoms with Crippen LogP contribution in [-0.4, -0.2) is 30.3 Å². The van der Waals surface area contributed by atoms with Gasteiger partial charge in [-0.05, 0) is 32.1 Å². The zero-order chi connectivity index (χ0) is 12.9. The molecule has 0 aromatic rings. The van der Waals surface area contributed by atoms with Crippen molar-refractivity contribution >= 4 is 5.91 Å². The quantitative estimate of drug-likeness (QED) is 0.751. The highest BCUT2D eigenvalue weighted by molar-refractivity contribution is 5.78. The largest absolute Gasteiger partial charge is 0.396 e. The molecule has 0 aliphatic heterocycles. The molecule has 1 aliphatic rings. The molecule has 100 valence electrons. The Labute approximate surface area is 98.4 Å². The Kier molecular flexibility index (Phi) is 5.24. The Morgan fingerprint density at radius 1 is 1.24 bits per heavy atom. The highest BCUT2D eigenvalue weighted by Gasteiger charge is 2.42. The molecule has 1 fully saturated rings. The molecule has 1 rings (SSSR count). The molecule has 0 atom stereocenters. The minimum Gasteiger partial charge on any atom is -0.396 e. The number of alkyl halides is 3. The van der Waals surface area contributed by atoms with Crippen molar-refractivity contribution in [3.05, 3.63) is 0 Å². The van der Waals surface area contributed by atoms with Gasteiger partial charge in [-0.2, -0.15) is 13.2 Å². The molecule has 1 aliphatic carbocycles. The van der Waals surface area contributed by atoms with E-state index in [4.69, 9.17) is 5.11 Å². The summed E-state index contributed by atoms with van der Waals surface area (Å²) in [6, 6.07) is 0. The van der Waals surface area contributed by atoms with Crippen LogP contribution < -0.4 is 5.32 Å². The van der Waals surface area contributed by atoms with Gasteiger partial charge in [0.15, 0.2) is 0 Å². The molecule has 0 heterocycles. The Hall–Kier alpha value is -0.780. The van der Waals surface area contributed by atoms with Gasteiger partial charge in [-0.15, -0.1) is 0 Å². The van der Waals surface area contributed by atoms with Crippen molar-refractivity contribution in [2.24, 2.45) is 11.8 Å². The molecule has 2 N–H and O–H groups in total. The zero-order valence-corrected chi connectivity index (χ0v) is 9.59. The summed E-state index contributed by atoms with van der Waals surface area (Å²) in [5, 5.41) is 11.2. The smallest absolute Gasteiger partial charge is 0.391 e. The average molecular weight is 253 g/mol. The highest BCUT2D eigenvalue weighted by atomic mass is 19.4. The number of nitrogens with one attached hydrogen (secondary N) is 1. The molecular weight excluding hydrogens is 235 g/mol. The van der Waals surface area contributed by atoms with E-state index < -0.39 is 12.1 Å². The van der Waals surface area contributed by atoms with Gasteiger partial charge < -0.3 is 10.4 Å². The zero-order valence-electron chi connectivity index (χ0n) is 9.59. The third-order valence-corrected chi connectivity index (χ3v) is 3.20. The number of aliphatic hydroxyl groups excluding tert-OH is 1. The lowest BCUT2D eigenvalue weighted by atomic mass is 9.81. The molecule has 0 radical (unpaired) electrons. The van der Waals surface area contributed by atoms with E-state index in [0.717, 1.165) is 0 Å². The number of carbonyl (C=O) groups excluding carboxylic acids is 1. The van der Waals surface area contributed by atoms with Crippen LogP contribution in [0, 0.1) is 11.8 Å². The lowest BCUT2D eigenvalue weighted by Gasteiger charge is -2.29. The first kappa shape index (κ1) is 14.3. The lowest BCUT2D eigenvalue weighted by Crippen LogP contribution is -2.36. The van der Waals surface area contributed by atoms with Crippen LogP contribution in [0.3, 0.4) is 0 Å². The number of halogens is 3. The Morgan fingerprint density at radius 3 is 2.29 bits per heavy atom. The van der Waals surface area contributed by atoms with Crippen molar-refractivity contribution in [1.29, 1.82) is 0 Å². The number of rotatable bonds is 4. The summed E-state index contributed by atoms with van der Waals surface area (Å²) in [6.07, 6.45) is -2.96. The van der Waals surface area contributed by atoms with E-state index in [1.807, 2.05) is 0 Å². The Balaban J connectivity index is 2.29. The van der Waals surface area contributed by atoms with Crippen LogP contribution in [0.4, 0.5) is 13.2 Å². The number of hydrogen-bond acceptors (Lipinski definition) is 2. The van der Waals surface area contributed by atoms with Crippen molar-refractivity contribution in [2.75, 3.05) is 13.2 Å². The third-order valence-electron chi connectivity index (χ3n) is 3.20. The molecule has 0 unspecified atom stereocenters. The molecule has 17 heavy (non-hydrogen) atoms. The molecule has 0 spiro atoms. The fraction of sp³-hybridized carbons (Fsp3) is 0.909. The summed E-state index contributed by atoms with van der Waals surface area (Å²) in [7, 11) is 0. The van der Waals surface area contributed by atoms with Crippen LogP contribution in [0.25, 0.3) is 0 Å². The Morgan fingerprint density at radius 2 is 1.82 bits per heavy atom. The number of aliphatic hydroxyl groups is 1. The van der Waals surface area contributed by atoms with E-state index in [0.29, 0.717) is 25.8 Å². The van der Waals surface area contributed by atoms with Gasteiger partial charge >= 0.3 is 6.18 Å². The first-order chi connectivity index (χ1) is 7.95. The fourth-order valence-electron chi connectivity index (χ4n) is 2.12. The first-order valence-electron chi connectivity index (χ1n) is 5.90. The van der Waals surface area contributed by atoms with E-state index >= 15 is 0 Å². The maximum Gasteiger partial charge on any atom is 0.391 e. The standard InChI is InChI=1S/C11H18F3NO2/c12-11(13,14)9-4-2-8(3-5-9)10(17)15-6-1-7-16/h8-9,16H,1-7H2,(H,15,17). The normalized spacial score (nSPS) is 25.6. The molecule has 1 saturated carbocycles. The first-order valence-corrected chi connectivity index (χ1v) is 5.90. The van der Waals surface area contributed by atoms with Gasteiger partial charge in [0.05, 0.1) is 5.92 Å². The molecule has 3 nitrogen and oxygen atoms in total. The topological polar surface area (TPSA) is 49.3 Å². The van der Waals surface area contributed by atoms with E-state index in [2.05, 4.69) is 5.32 Å². The van der Waals surface area contributed by atoms with Crippen molar-refractivity contribution in [1.82, 2.24) is 5.32 Å². The summed E-state index contributed by atoms with van der Waals surface area (Å²) < 4.78 is 37.2. The number of amides is 1. The molecule has 0 saturated heterocycles. The summed E-state index contributed by atoms with van der Waals surface area (Å²) in [6.45, 7) is 0.385. The minimum absolute atomic E-state index is 0.00109. The summed E-state index contributed by atoms with van der Waals surface area (Å²) in [5.41, 5.74) is 0. The molecule has 0 aromatic heterocycles. The second kappa shape index (κ2) is 6.23. The minimum atomic E-state index is -4.13. The van der Waals surface area contributed by atoms with Crippen LogP contribution in [0.15, 0.2) is 0 Å². The number of hydrogen-bond donors (Lipinski definition) is 2. The van der Waals surface area contributed by atoms with Crippen molar-refractivity contribution in [3.63, 3.8) is 0 Å². The van der Waals surface area contributed by atoms with Crippen LogP contribution in [0.1, 0.15) is 32.1 Å². The van der Waals surface area contributed by atoms with E-state index in [1.165, 1.54) is 0 Å². The summed E-state index contributed by atoms with van der Waals surface area (Å²) >= 11 is 0. The molecule has 0 bridgehead atoms. The van der Waals surface area contributed by atoms with Crippen molar-refractivity contribution < 1.29 is 23.1 Å². The molecule has 1 amide bonds. The second-order valence-electron chi connectivity index (χ2n) is 4.46. The van der Waals surface area contributed by atoms with Crippen LogP contribution in [-0.2, 0) is 4.79 Å². The molecule has 6 heteroatoms. The summed E-state index contributed by atoms with van der Waals surface area (Å²) in [4.78, 5) is 11.6. The van der Waals surface area contributed by atoms with Gasteiger partial charge in [0.25, 0.3) is 0 Å². The van der Waals surface area contributed by atoms with E-state index in [1.54, 1.807) is 0 Å². The molecular formula is C11H18F3NO2. The van der Waals surface area contributed by atoms with Gasteiger partial charge in [-0.1, -0.05) is 0 Å². The lowest BCUT2D eigenvalue weighted by molar-refractivity contribution is -0.184. The van der Waals surface area contributed by atoms with Crippen molar-refractivity contribution in [2.45, 2.75) is 38.3 Å². The van der Waals surface area contributed by atoms with Gasteiger partial charge in [-0.3, -0.25) is 4.79 Å².